The van der Waals surface area contributed by atoms with Crippen molar-refractivity contribution < 1.29 is 14.2 Å². The van der Waals surface area contributed by atoms with Crippen molar-refractivity contribution in [3.63, 3.8) is 0 Å². The number of aryl methyl sites for hydroxylation is 1. The molecule has 2 aromatic rings. The van der Waals surface area contributed by atoms with Gasteiger partial charge in [-0.3, -0.25) is 14.8 Å². The molecular formula is C14H21N5O4. The molecule has 0 aliphatic heterocycles. The maximum absolute atomic E-state index is 11.0. The smallest absolute Gasteiger partial charge is 0.312 e. The molecule has 2 heterocycles. The summed E-state index contributed by atoms with van der Waals surface area (Å²) >= 11 is 0. The van der Waals surface area contributed by atoms with Crippen LogP contribution in [0.3, 0.4) is 0 Å². The van der Waals surface area contributed by atoms with Crippen LogP contribution in [0.2, 0.25) is 0 Å². The Bertz CT molecular complexity index is 691. The Morgan fingerprint density at radius 2 is 2.04 bits per heavy atom. The van der Waals surface area contributed by atoms with Crippen molar-refractivity contribution >= 4 is 5.69 Å². The fourth-order valence-electron chi connectivity index (χ4n) is 2.14. The van der Waals surface area contributed by atoms with Crippen LogP contribution in [0.4, 0.5) is 5.69 Å². The van der Waals surface area contributed by atoms with E-state index >= 15 is 0 Å². The fourth-order valence-corrected chi connectivity index (χ4v) is 2.14. The molecule has 0 saturated carbocycles. The van der Waals surface area contributed by atoms with Gasteiger partial charge in [0.1, 0.15) is 24.0 Å². The summed E-state index contributed by atoms with van der Waals surface area (Å²) in [5.74, 6) is 1.20. The molecule has 2 aromatic heterocycles. The van der Waals surface area contributed by atoms with Gasteiger partial charge < -0.3 is 9.26 Å². The van der Waals surface area contributed by atoms with Gasteiger partial charge in [0, 0.05) is 6.61 Å². The second-order valence-electron chi connectivity index (χ2n) is 5.85. The van der Waals surface area contributed by atoms with Crippen LogP contribution >= 0.6 is 0 Å². The van der Waals surface area contributed by atoms with Gasteiger partial charge in [-0.1, -0.05) is 19.0 Å². The second-order valence-corrected chi connectivity index (χ2v) is 5.85. The average Bonchev–Trinajstić information content (AvgIpc) is 3.02. The molecule has 0 bridgehead atoms. The summed E-state index contributed by atoms with van der Waals surface area (Å²) < 4.78 is 12.3. The lowest BCUT2D eigenvalue weighted by Gasteiger charge is -2.10. The largest absolute Gasteiger partial charge is 0.370 e. The summed E-state index contributed by atoms with van der Waals surface area (Å²) in [6.45, 7) is 10.0. The molecule has 0 aromatic carbocycles. The van der Waals surface area contributed by atoms with Crippen LogP contribution in [-0.4, -0.2) is 31.5 Å². The molecule has 23 heavy (non-hydrogen) atoms. The number of nitrogens with zero attached hydrogens (tertiary/aromatic N) is 5. The Kier molecular flexibility index (Phi) is 5.09. The maximum atomic E-state index is 11.0. The minimum Gasteiger partial charge on any atom is -0.370 e. The first-order valence-electron chi connectivity index (χ1n) is 7.42. The molecule has 2 rings (SSSR count). The Morgan fingerprint density at radius 1 is 1.35 bits per heavy atom. The van der Waals surface area contributed by atoms with Gasteiger partial charge >= 0.3 is 5.69 Å². The molecule has 0 radical (unpaired) electrons. The van der Waals surface area contributed by atoms with E-state index in [4.69, 9.17) is 9.26 Å². The molecule has 0 unspecified atom stereocenters. The maximum Gasteiger partial charge on any atom is 0.312 e. The van der Waals surface area contributed by atoms with Gasteiger partial charge in [0.2, 0.25) is 5.89 Å². The summed E-state index contributed by atoms with van der Waals surface area (Å²) in [5.41, 5.74) is 0.829. The van der Waals surface area contributed by atoms with Crippen LogP contribution < -0.4 is 0 Å². The van der Waals surface area contributed by atoms with Gasteiger partial charge in [-0.15, -0.1) is 0 Å². The van der Waals surface area contributed by atoms with Crippen LogP contribution in [0, 0.1) is 29.9 Å². The van der Waals surface area contributed by atoms with Crippen molar-refractivity contribution in [1.82, 2.24) is 19.9 Å². The molecule has 0 amide bonds. The van der Waals surface area contributed by atoms with Crippen molar-refractivity contribution in [2.24, 2.45) is 5.92 Å². The van der Waals surface area contributed by atoms with Crippen LogP contribution in [0.1, 0.15) is 50.0 Å². The lowest BCUT2D eigenvalue weighted by molar-refractivity contribution is -0.386. The number of aromatic nitrogens is 4. The number of hydrogen-bond acceptors (Lipinski definition) is 7. The molecule has 0 aliphatic carbocycles. The van der Waals surface area contributed by atoms with Crippen molar-refractivity contribution in [2.45, 2.75) is 47.3 Å². The number of nitro groups is 1. The summed E-state index contributed by atoms with van der Waals surface area (Å²) in [4.78, 5) is 14.9. The predicted molar refractivity (Wildman–Crippen MR) is 81.0 cm³/mol. The summed E-state index contributed by atoms with van der Waals surface area (Å²) in [5, 5.41) is 19.1. The van der Waals surface area contributed by atoms with E-state index in [0.717, 1.165) is 0 Å². The van der Waals surface area contributed by atoms with Crippen molar-refractivity contribution in [3.05, 3.63) is 33.2 Å². The Hall–Kier alpha value is -2.29. The SMILES string of the molecule is Cc1nn(Cc2nc([C@H](C)OCC(C)C)no2)c(C)c1[N+](=O)[O-]. The highest BCUT2D eigenvalue weighted by Crippen LogP contribution is 2.22. The van der Waals surface area contributed by atoms with E-state index in [2.05, 4.69) is 29.1 Å². The molecule has 1 atom stereocenters. The Morgan fingerprint density at radius 3 is 2.61 bits per heavy atom. The van der Waals surface area contributed by atoms with E-state index in [9.17, 15) is 10.1 Å². The zero-order valence-electron chi connectivity index (χ0n) is 13.9. The minimum atomic E-state index is -0.435. The lowest BCUT2D eigenvalue weighted by Crippen LogP contribution is -2.08. The Labute approximate surface area is 133 Å². The zero-order chi connectivity index (χ0) is 17.1. The van der Waals surface area contributed by atoms with Crippen molar-refractivity contribution in [2.75, 3.05) is 6.61 Å². The Balaban J connectivity index is 2.10. The van der Waals surface area contributed by atoms with Gasteiger partial charge in [-0.05, 0) is 26.7 Å². The van der Waals surface area contributed by atoms with Crippen molar-refractivity contribution in [3.8, 4) is 0 Å². The van der Waals surface area contributed by atoms with Crippen LogP contribution in [0.25, 0.3) is 0 Å². The highest BCUT2D eigenvalue weighted by Gasteiger charge is 2.23. The lowest BCUT2D eigenvalue weighted by atomic mass is 10.2. The van der Waals surface area contributed by atoms with Crippen LogP contribution in [0.5, 0.6) is 0 Å². The molecule has 9 heteroatoms. The van der Waals surface area contributed by atoms with Gasteiger partial charge in [0.05, 0.1) is 4.92 Å². The number of rotatable bonds is 7. The van der Waals surface area contributed by atoms with Gasteiger partial charge in [0.15, 0.2) is 5.82 Å². The van der Waals surface area contributed by atoms with Crippen molar-refractivity contribution in [1.29, 1.82) is 0 Å². The number of ether oxygens (including phenoxy) is 1. The predicted octanol–water partition coefficient (Wildman–Crippen LogP) is 2.57. The highest BCUT2D eigenvalue weighted by molar-refractivity contribution is 5.39. The average molecular weight is 323 g/mol. The quantitative estimate of drug-likeness (QED) is 0.569. The molecule has 9 nitrogen and oxygen atoms in total. The monoisotopic (exact) mass is 323 g/mol. The normalized spacial score (nSPS) is 12.8. The first-order chi connectivity index (χ1) is 10.8. The van der Waals surface area contributed by atoms with E-state index in [1.807, 2.05) is 6.92 Å². The third-order valence-electron chi connectivity index (χ3n) is 3.34. The van der Waals surface area contributed by atoms with E-state index in [1.54, 1.807) is 13.8 Å². The van der Waals surface area contributed by atoms with Gasteiger partial charge in [0.25, 0.3) is 0 Å². The van der Waals surface area contributed by atoms with Gasteiger partial charge in [-0.25, -0.2) is 0 Å². The number of hydrogen-bond donors (Lipinski definition) is 0. The first-order valence-corrected chi connectivity index (χ1v) is 7.42. The third kappa shape index (κ3) is 3.92. The zero-order valence-corrected chi connectivity index (χ0v) is 13.9. The molecule has 0 spiro atoms. The summed E-state index contributed by atoms with van der Waals surface area (Å²) in [6.07, 6.45) is -0.273. The molecule has 0 saturated heterocycles. The van der Waals surface area contributed by atoms with Crippen LogP contribution in [-0.2, 0) is 11.3 Å². The van der Waals surface area contributed by atoms with E-state index in [-0.39, 0.29) is 18.3 Å². The summed E-state index contributed by atoms with van der Waals surface area (Å²) in [7, 11) is 0. The summed E-state index contributed by atoms with van der Waals surface area (Å²) in [6, 6.07) is 0. The van der Waals surface area contributed by atoms with E-state index in [0.29, 0.717) is 35.6 Å². The van der Waals surface area contributed by atoms with E-state index in [1.165, 1.54) is 4.68 Å². The topological polar surface area (TPSA) is 109 Å². The fraction of sp³-hybridized carbons (Fsp3) is 0.643. The molecule has 0 fully saturated rings. The highest BCUT2D eigenvalue weighted by atomic mass is 16.6. The van der Waals surface area contributed by atoms with Gasteiger partial charge in [-0.2, -0.15) is 10.1 Å². The minimum absolute atomic E-state index is 0.0124. The molecule has 126 valence electrons. The third-order valence-corrected chi connectivity index (χ3v) is 3.34. The molecule has 0 aliphatic rings. The first kappa shape index (κ1) is 17.1. The molecule has 0 N–H and O–H groups in total. The van der Waals surface area contributed by atoms with Crippen LogP contribution in [0.15, 0.2) is 4.52 Å². The molecular weight excluding hydrogens is 302 g/mol. The van der Waals surface area contributed by atoms with E-state index < -0.39 is 4.92 Å². The second kappa shape index (κ2) is 6.86. The standard InChI is InChI=1S/C14H21N5O4/c1-8(2)7-22-11(5)14-15-12(23-17-14)6-18-10(4)13(19(20)21)9(3)16-18/h8,11H,6-7H2,1-5H3/t11-/m0/s1.